The number of H-pyrrole nitrogens is 1. The van der Waals surface area contributed by atoms with Crippen LogP contribution in [0.15, 0.2) is 36.8 Å². The van der Waals surface area contributed by atoms with Gasteiger partial charge in [-0.25, -0.2) is 4.98 Å². The Kier molecular flexibility index (Phi) is 4.16. The molecule has 1 saturated heterocycles. The second-order valence-corrected chi connectivity index (χ2v) is 6.59. The maximum atomic E-state index is 12.6. The second kappa shape index (κ2) is 6.62. The Morgan fingerprint density at radius 2 is 2.19 bits per heavy atom. The van der Waals surface area contributed by atoms with E-state index < -0.39 is 11.8 Å². The predicted octanol–water partition coefficient (Wildman–Crippen LogP) is 1.64. The summed E-state index contributed by atoms with van der Waals surface area (Å²) in [6.45, 7) is 1.04. The third-order valence-electron chi connectivity index (χ3n) is 4.87. The van der Waals surface area contributed by atoms with E-state index in [-0.39, 0.29) is 5.92 Å². The summed E-state index contributed by atoms with van der Waals surface area (Å²) >= 11 is 0. The van der Waals surface area contributed by atoms with Crippen LogP contribution in [0, 0.1) is 0 Å². The molecule has 8 heteroatoms. The number of amides is 2. The lowest BCUT2D eigenvalue weighted by molar-refractivity contribution is -0.144. The average Bonchev–Trinajstić information content (AvgIpc) is 3.32. The van der Waals surface area contributed by atoms with E-state index in [2.05, 4.69) is 20.5 Å². The van der Waals surface area contributed by atoms with Crippen molar-refractivity contribution in [1.29, 1.82) is 0 Å². The van der Waals surface area contributed by atoms with Crippen LogP contribution in [0.2, 0.25) is 0 Å². The highest BCUT2D eigenvalue weighted by molar-refractivity contribution is 6.40. The first kappa shape index (κ1) is 16.3. The Morgan fingerprint density at radius 3 is 3.00 bits per heavy atom. The number of nitrogens with zero attached hydrogens (tertiary/aromatic N) is 4. The van der Waals surface area contributed by atoms with Gasteiger partial charge in [-0.3, -0.25) is 14.7 Å². The van der Waals surface area contributed by atoms with Gasteiger partial charge in [0.15, 0.2) is 0 Å². The Morgan fingerprint density at radius 1 is 1.31 bits per heavy atom. The first-order valence-corrected chi connectivity index (χ1v) is 8.63. The summed E-state index contributed by atoms with van der Waals surface area (Å²) in [5.74, 6) is -0.284. The number of benzene rings is 1. The van der Waals surface area contributed by atoms with Gasteiger partial charge in [-0.1, -0.05) is 12.1 Å². The number of piperidine rings is 1. The van der Waals surface area contributed by atoms with Crippen molar-refractivity contribution in [3.63, 3.8) is 0 Å². The van der Waals surface area contributed by atoms with Crippen molar-refractivity contribution in [3.8, 4) is 0 Å². The zero-order chi connectivity index (χ0) is 18.1. The largest absolute Gasteiger partial charge is 0.349 e. The van der Waals surface area contributed by atoms with Gasteiger partial charge in [0.1, 0.15) is 12.2 Å². The molecule has 1 aromatic carbocycles. The van der Waals surface area contributed by atoms with Gasteiger partial charge in [0, 0.05) is 37.6 Å². The fraction of sp³-hybridized carbons (Fsp3) is 0.333. The molecular formula is C18H20N6O2. The summed E-state index contributed by atoms with van der Waals surface area (Å²) in [6, 6.07) is 7.61. The highest BCUT2D eigenvalue weighted by Crippen LogP contribution is 2.26. The molecule has 8 nitrogen and oxygen atoms in total. The van der Waals surface area contributed by atoms with Gasteiger partial charge in [0.25, 0.3) is 0 Å². The first-order chi connectivity index (χ1) is 12.6. The van der Waals surface area contributed by atoms with Crippen molar-refractivity contribution in [3.05, 3.63) is 42.6 Å². The molecule has 0 aliphatic carbocycles. The van der Waals surface area contributed by atoms with Crippen molar-refractivity contribution in [2.75, 3.05) is 18.4 Å². The molecule has 1 atom stereocenters. The number of para-hydroxylation sites is 1. The zero-order valence-electron chi connectivity index (χ0n) is 14.5. The third kappa shape index (κ3) is 2.94. The summed E-state index contributed by atoms with van der Waals surface area (Å²) in [4.78, 5) is 30.9. The minimum Gasteiger partial charge on any atom is -0.349 e. The second-order valence-electron chi connectivity index (χ2n) is 6.59. The van der Waals surface area contributed by atoms with E-state index in [1.165, 1.54) is 6.33 Å². The summed E-state index contributed by atoms with van der Waals surface area (Å²) < 4.78 is 1.93. The zero-order valence-corrected chi connectivity index (χ0v) is 14.5. The van der Waals surface area contributed by atoms with Gasteiger partial charge < -0.3 is 14.8 Å². The Labute approximate surface area is 150 Å². The monoisotopic (exact) mass is 352 g/mol. The molecule has 3 heterocycles. The summed E-state index contributed by atoms with van der Waals surface area (Å²) in [7, 11) is 1.91. The topological polar surface area (TPSA) is 95.9 Å². The van der Waals surface area contributed by atoms with Crippen LogP contribution >= 0.6 is 0 Å². The van der Waals surface area contributed by atoms with Gasteiger partial charge in [-0.15, -0.1) is 0 Å². The number of aromatic amines is 1. The van der Waals surface area contributed by atoms with Crippen LogP contribution in [0.25, 0.3) is 10.9 Å². The number of aromatic nitrogens is 4. The first-order valence-electron chi connectivity index (χ1n) is 8.63. The fourth-order valence-corrected chi connectivity index (χ4v) is 3.57. The molecule has 0 radical (unpaired) electrons. The normalized spacial score (nSPS) is 17.4. The van der Waals surface area contributed by atoms with Crippen LogP contribution < -0.4 is 5.32 Å². The van der Waals surface area contributed by atoms with Crippen LogP contribution in [0.5, 0.6) is 0 Å². The van der Waals surface area contributed by atoms with E-state index in [9.17, 15) is 9.59 Å². The highest BCUT2D eigenvalue weighted by Gasteiger charge is 2.30. The number of likely N-dealkylation sites (tertiary alicyclic amines) is 1. The number of hydrogen-bond donors (Lipinski definition) is 2. The van der Waals surface area contributed by atoms with Crippen molar-refractivity contribution in [2.24, 2.45) is 7.05 Å². The lowest BCUT2D eigenvalue weighted by atomic mass is 9.97. The number of aryl methyl sites for hydroxylation is 1. The SMILES string of the molecule is Cn1ccc2cccc(NC(=O)C(=O)N3CCCC(c4ncn[nH]4)C3)c21. The van der Waals surface area contributed by atoms with Crippen molar-refractivity contribution in [1.82, 2.24) is 24.6 Å². The Hall–Kier alpha value is -3.16. The summed E-state index contributed by atoms with van der Waals surface area (Å²) in [5.41, 5.74) is 1.53. The fourth-order valence-electron chi connectivity index (χ4n) is 3.57. The van der Waals surface area contributed by atoms with E-state index >= 15 is 0 Å². The van der Waals surface area contributed by atoms with Crippen LogP contribution in [-0.4, -0.2) is 49.6 Å². The Bertz CT molecular complexity index is 946. The van der Waals surface area contributed by atoms with Crippen LogP contribution in [-0.2, 0) is 16.6 Å². The number of carbonyl (C=O) groups is 2. The van der Waals surface area contributed by atoms with Gasteiger partial charge >= 0.3 is 11.8 Å². The van der Waals surface area contributed by atoms with Crippen molar-refractivity contribution in [2.45, 2.75) is 18.8 Å². The van der Waals surface area contributed by atoms with E-state index in [0.29, 0.717) is 18.8 Å². The molecule has 4 rings (SSSR count). The van der Waals surface area contributed by atoms with E-state index in [1.807, 2.05) is 36.0 Å². The molecule has 1 aliphatic heterocycles. The number of hydrogen-bond acceptors (Lipinski definition) is 4. The molecular weight excluding hydrogens is 332 g/mol. The average molecular weight is 352 g/mol. The molecule has 0 bridgehead atoms. The molecule has 2 aromatic heterocycles. The summed E-state index contributed by atoms with van der Waals surface area (Å²) in [6.07, 6.45) is 5.14. The maximum Gasteiger partial charge on any atom is 0.313 e. The maximum absolute atomic E-state index is 12.6. The quantitative estimate of drug-likeness (QED) is 0.685. The van der Waals surface area contributed by atoms with Crippen molar-refractivity contribution < 1.29 is 9.59 Å². The molecule has 0 spiro atoms. The van der Waals surface area contributed by atoms with Gasteiger partial charge in [0.05, 0.1) is 11.2 Å². The molecule has 0 saturated carbocycles. The Balaban J connectivity index is 1.49. The van der Waals surface area contributed by atoms with Crippen LogP contribution in [0.1, 0.15) is 24.6 Å². The number of anilines is 1. The smallest absolute Gasteiger partial charge is 0.313 e. The predicted molar refractivity (Wildman–Crippen MR) is 96.5 cm³/mol. The van der Waals surface area contributed by atoms with E-state index in [4.69, 9.17) is 0 Å². The molecule has 1 fully saturated rings. The molecule has 2 N–H and O–H groups in total. The van der Waals surface area contributed by atoms with E-state index in [0.717, 1.165) is 29.6 Å². The molecule has 26 heavy (non-hydrogen) atoms. The van der Waals surface area contributed by atoms with E-state index in [1.54, 1.807) is 11.0 Å². The van der Waals surface area contributed by atoms with Gasteiger partial charge in [-0.05, 0) is 25.0 Å². The number of carbonyl (C=O) groups excluding carboxylic acids is 2. The minimum atomic E-state index is -0.614. The van der Waals surface area contributed by atoms with Crippen LogP contribution in [0.4, 0.5) is 5.69 Å². The van der Waals surface area contributed by atoms with Gasteiger partial charge in [0.2, 0.25) is 0 Å². The minimum absolute atomic E-state index is 0.0827. The molecule has 134 valence electrons. The third-order valence-corrected chi connectivity index (χ3v) is 4.87. The number of fused-ring (bicyclic) bond motifs is 1. The van der Waals surface area contributed by atoms with Gasteiger partial charge in [-0.2, -0.15) is 5.10 Å². The molecule has 2 amide bonds. The van der Waals surface area contributed by atoms with Crippen LogP contribution in [0.3, 0.4) is 0 Å². The molecule has 3 aromatic rings. The lowest BCUT2D eigenvalue weighted by Gasteiger charge is -2.31. The molecule has 1 aliphatic rings. The summed E-state index contributed by atoms with van der Waals surface area (Å²) in [5, 5.41) is 10.5. The highest BCUT2D eigenvalue weighted by atomic mass is 16.2. The standard InChI is InChI=1S/C18H20N6O2/c1-23-9-7-12-4-2-6-14(15(12)23)21-17(25)18(26)24-8-3-5-13(10-24)16-19-11-20-22-16/h2,4,6-7,9,11,13H,3,5,8,10H2,1H3,(H,21,25)(H,19,20,22). The van der Waals surface area contributed by atoms with Crippen molar-refractivity contribution >= 4 is 28.4 Å². The number of nitrogens with one attached hydrogen (secondary N) is 2. The lowest BCUT2D eigenvalue weighted by Crippen LogP contribution is -2.44. The molecule has 1 unspecified atom stereocenters. The number of rotatable bonds is 2.